The van der Waals surface area contributed by atoms with Crippen LogP contribution in [0.3, 0.4) is 0 Å². The maximum atomic E-state index is 12.8. The molecule has 2 saturated heterocycles. The summed E-state index contributed by atoms with van der Waals surface area (Å²) in [6.45, 7) is 1.68. The Morgan fingerprint density at radius 2 is 2.07 bits per heavy atom. The number of benzene rings is 2. The van der Waals surface area contributed by atoms with E-state index in [0.29, 0.717) is 35.5 Å². The second-order valence-corrected chi connectivity index (χ2v) is 7.61. The van der Waals surface area contributed by atoms with Crippen molar-refractivity contribution in [3.05, 3.63) is 65.4 Å². The Bertz CT molecular complexity index is 955. The molecule has 2 aromatic rings. The first-order chi connectivity index (χ1) is 14.6. The van der Waals surface area contributed by atoms with Gasteiger partial charge < -0.3 is 19.5 Å². The van der Waals surface area contributed by atoms with Gasteiger partial charge in [-0.3, -0.25) is 9.69 Å². The Balaban J connectivity index is 1.46. The molecule has 2 aliphatic heterocycles. The maximum Gasteiger partial charge on any atom is 0.276 e. The van der Waals surface area contributed by atoms with Crippen LogP contribution in [0.15, 0.2) is 54.2 Å². The van der Waals surface area contributed by atoms with Gasteiger partial charge in [0, 0.05) is 6.61 Å². The van der Waals surface area contributed by atoms with E-state index in [4.69, 9.17) is 26.4 Å². The number of carbonyl (C=O) groups excluding carboxylic acids is 1. The van der Waals surface area contributed by atoms with Crippen molar-refractivity contribution in [2.75, 3.05) is 20.3 Å². The minimum Gasteiger partial charge on any atom is -0.493 e. The maximum absolute atomic E-state index is 12.8. The number of carbonyl (C=O) groups is 1. The molecule has 0 aromatic heterocycles. The molecule has 1 amide bonds. The molecule has 4 rings (SSSR count). The fourth-order valence-electron chi connectivity index (χ4n) is 3.52. The molecular weight excluding hydrogens is 400 g/mol. The third-order valence-electron chi connectivity index (χ3n) is 5.11. The van der Waals surface area contributed by atoms with E-state index in [0.717, 1.165) is 30.6 Å². The van der Waals surface area contributed by atoms with Gasteiger partial charge in [0.2, 0.25) is 0 Å². The van der Waals surface area contributed by atoms with E-state index in [-0.39, 0.29) is 12.0 Å². The number of ether oxygens (including phenoxy) is 3. The van der Waals surface area contributed by atoms with Gasteiger partial charge in [-0.15, -0.1) is 0 Å². The van der Waals surface area contributed by atoms with Crippen molar-refractivity contribution in [2.24, 2.45) is 0 Å². The number of hydrogen-bond donors (Lipinski definition) is 1. The predicted molar refractivity (Wildman–Crippen MR) is 118 cm³/mol. The van der Waals surface area contributed by atoms with Crippen LogP contribution < -0.4 is 14.8 Å². The number of nitrogens with zero attached hydrogens (tertiary/aromatic N) is 1. The zero-order valence-electron chi connectivity index (χ0n) is 16.8. The highest BCUT2D eigenvalue weighted by Crippen LogP contribution is 2.30. The van der Waals surface area contributed by atoms with E-state index in [9.17, 15) is 4.79 Å². The Morgan fingerprint density at radius 3 is 2.80 bits per heavy atom. The van der Waals surface area contributed by atoms with Crippen LogP contribution in [0.2, 0.25) is 0 Å². The van der Waals surface area contributed by atoms with E-state index in [1.165, 1.54) is 0 Å². The second-order valence-electron chi connectivity index (χ2n) is 7.22. The molecule has 0 spiro atoms. The highest BCUT2D eigenvalue weighted by molar-refractivity contribution is 7.80. The number of rotatable bonds is 7. The van der Waals surface area contributed by atoms with E-state index >= 15 is 0 Å². The normalized spacial score (nSPS) is 20.0. The lowest BCUT2D eigenvalue weighted by Gasteiger charge is -2.18. The van der Waals surface area contributed by atoms with E-state index < -0.39 is 0 Å². The van der Waals surface area contributed by atoms with Crippen molar-refractivity contribution in [3.8, 4) is 11.5 Å². The van der Waals surface area contributed by atoms with Crippen LogP contribution in [0.4, 0.5) is 0 Å². The first-order valence-corrected chi connectivity index (χ1v) is 10.4. The largest absolute Gasteiger partial charge is 0.493 e. The fraction of sp³-hybridized carbons (Fsp3) is 0.304. The van der Waals surface area contributed by atoms with Gasteiger partial charge in [0.25, 0.3) is 5.91 Å². The van der Waals surface area contributed by atoms with Crippen LogP contribution in [-0.4, -0.2) is 42.3 Å². The van der Waals surface area contributed by atoms with Crippen molar-refractivity contribution in [1.29, 1.82) is 0 Å². The molecule has 7 heteroatoms. The lowest BCUT2D eigenvalue weighted by atomic mass is 10.1. The lowest BCUT2D eigenvalue weighted by molar-refractivity contribution is -0.123. The summed E-state index contributed by atoms with van der Waals surface area (Å²) in [5.74, 6) is 1.10. The average Bonchev–Trinajstić information content (AvgIpc) is 3.37. The molecule has 1 atom stereocenters. The van der Waals surface area contributed by atoms with Gasteiger partial charge >= 0.3 is 0 Å². The number of amides is 1. The van der Waals surface area contributed by atoms with Crippen molar-refractivity contribution in [1.82, 2.24) is 10.2 Å². The summed E-state index contributed by atoms with van der Waals surface area (Å²) in [7, 11) is 1.60. The Labute approximate surface area is 181 Å². The zero-order chi connectivity index (χ0) is 20.9. The number of methoxy groups -OCH3 is 1. The molecule has 2 heterocycles. The third kappa shape index (κ3) is 4.63. The molecule has 1 unspecified atom stereocenters. The highest BCUT2D eigenvalue weighted by Gasteiger charge is 2.33. The minimum absolute atomic E-state index is 0.0502. The van der Waals surface area contributed by atoms with Crippen molar-refractivity contribution in [3.63, 3.8) is 0 Å². The molecule has 0 aliphatic carbocycles. The molecule has 1 N–H and O–H groups in total. The van der Waals surface area contributed by atoms with Crippen LogP contribution in [0.1, 0.15) is 24.0 Å². The van der Waals surface area contributed by atoms with Gasteiger partial charge in [-0.2, -0.15) is 0 Å². The quantitative estimate of drug-likeness (QED) is 0.542. The molecule has 2 fully saturated rings. The topological polar surface area (TPSA) is 60.0 Å². The molecule has 2 aromatic carbocycles. The summed E-state index contributed by atoms with van der Waals surface area (Å²) in [6, 6.07) is 15.5. The smallest absolute Gasteiger partial charge is 0.276 e. The van der Waals surface area contributed by atoms with Gasteiger partial charge in [-0.05, 0) is 54.4 Å². The molecule has 0 radical (unpaired) electrons. The number of hydrogen-bond acceptors (Lipinski definition) is 5. The summed E-state index contributed by atoms with van der Waals surface area (Å²) in [5, 5.41) is 3.43. The van der Waals surface area contributed by atoms with Gasteiger partial charge in [0.05, 0.1) is 19.8 Å². The van der Waals surface area contributed by atoms with Crippen LogP contribution in [0, 0.1) is 0 Å². The lowest BCUT2D eigenvalue weighted by Crippen LogP contribution is -2.37. The standard InChI is InChI=1S/C23H24N2O4S/c1-27-21-13-17(9-10-20(21)29-15-16-6-3-2-4-7-16)12-19-22(26)25(23(30)24-19)14-18-8-5-11-28-18/h2-4,6-7,9-10,12-13,18H,5,8,11,14-15H2,1H3,(H,24,30)/b19-12+. The zero-order valence-corrected chi connectivity index (χ0v) is 17.6. The third-order valence-corrected chi connectivity index (χ3v) is 5.43. The Kier molecular flexibility index (Phi) is 6.30. The van der Waals surface area contributed by atoms with Crippen LogP contribution in [0.5, 0.6) is 11.5 Å². The predicted octanol–water partition coefficient (Wildman–Crippen LogP) is 3.51. The summed E-state index contributed by atoms with van der Waals surface area (Å²) in [5.41, 5.74) is 2.33. The van der Waals surface area contributed by atoms with Crippen molar-refractivity contribution >= 4 is 29.3 Å². The summed E-state index contributed by atoms with van der Waals surface area (Å²) >= 11 is 5.35. The van der Waals surface area contributed by atoms with Gasteiger partial charge in [0.15, 0.2) is 16.6 Å². The molecule has 30 heavy (non-hydrogen) atoms. The van der Waals surface area contributed by atoms with Gasteiger partial charge in [-0.1, -0.05) is 36.4 Å². The highest BCUT2D eigenvalue weighted by atomic mass is 32.1. The first-order valence-electron chi connectivity index (χ1n) is 9.95. The summed E-state index contributed by atoms with van der Waals surface area (Å²) in [6.07, 6.45) is 3.80. The van der Waals surface area contributed by atoms with Gasteiger partial charge in [-0.25, -0.2) is 0 Å². The summed E-state index contributed by atoms with van der Waals surface area (Å²) < 4.78 is 17.0. The second kappa shape index (κ2) is 9.28. The molecule has 0 saturated carbocycles. The van der Waals surface area contributed by atoms with Crippen LogP contribution in [-0.2, 0) is 16.1 Å². The molecule has 156 valence electrons. The summed E-state index contributed by atoms with van der Waals surface area (Å²) in [4.78, 5) is 14.4. The van der Waals surface area contributed by atoms with Crippen LogP contribution in [0.25, 0.3) is 6.08 Å². The molecule has 6 nitrogen and oxygen atoms in total. The first kappa shape index (κ1) is 20.4. The molecular formula is C23H24N2O4S. The van der Waals surface area contributed by atoms with Crippen molar-refractivity contribution < 1.29 is 19.0 Å². The van der Waals surface area contributed by atoms with E-state index in [1.54, 1.807) is 18.1 Å². The number of thiocarbonyl (C=S) groups is 1. The SMILES string of the molecule is COc1cc(/C=C2/NC(=S)N(CC3CCCO3)C2=O)ccc1OCc1ccccc1. The van der Waals surface area contributed by atoms with E-state index in [2.05, 4.69) is 5.32 Å². The van der Waals surface area contributed by atoms with Crippen LogP contribution >= 0.6 is 12.2 Å². The van der Waals surface area contributed by atoms with Gasteiger partial charge in [0.1, 0.15) is 12.3 Å². The minimum atomic E-state index is -0.140. The Morgan fingerprint density at radius 1 is 1.23 bits per heavy atom. The van der Waals surface area contributed by atoms with Crippen molar-refractivity contribution in [2.45, 2.75) is 25.6 Å². The molecule has 2 aliphatic rings. The number of nitrogens with one attached hydrogen (secondary N) is 1. The monoisotopic (exact) mass is 424 g/mol. The Hall–Kier alpha value is -2.90. The molecule has 0 bridgehead atoms. The average molecular weight is 425 g/mol. The van der Waals surface area contributed by atoms with E-state index in [1.807, 2.05) is 48.5 Å². The fourth-order valence-corrected chi connectivity index (χ4v) is 3.79.